The second-order valence-electron chi connectivity index (χ2n) is 17.3. The van der Waals surface area contributed by atoms with Crippen molar-refractivity contribution < 1.29 is 4.74 Å². The van der Waals surface area contributed by atoms with Gasteiger partial charge in [-0.2, -0.15) is 0 Å². The average molecular weight is 630 g/mol. The molecule has 5 aromatic rings. The summed E-state index contributed by atoms with van der Waals surface area (Å²) in [6.45, 7) is 9.80. The molecule has 5 aromatic carbocycles. The zero-order valence-corrected chi connectivity index (χ0v) is 28.9. The Morgan fingerprint density at radius 2 is 1.17 bits per heavy atom. The molecular weight excluding hydrogens is 583 g/mol. The molecule has 4 saturated carbocycles. The Morgan fingerprint density at radius 1 is 0.542 bits per heavy atom. The highest BCUT2D eigenvalue weighted by atomic mass is 16.5. The Bertz CT molecular complexity index is 2070. The maximum atomic E-state index is 6.84. The van der Waals surface area contributed by atoms with Gasteiger partial charge in [0.05, 0.1) is 5.69 Å². The molecule has 48 heavy (non-hydrogen) atoms. The van der Waals surface area contributed by atoms with Crippen molar-refractivity contribution in [2.75, 3.05) is 4.90 Å². The number of anilines is 3. The summed E-state index contributed by atoms with van der Waals surface area (Å²) in [4.78, 5) is 2.60. The third-order valence-electron chi connectivity index (χ3n) is 13.7. The van der Waals surface area contributed by atoms with Gasteiger partial charge in [-0.15, -0.1) is 0 Å². The molecule has 6 aliphatic rings. The van der Waals surface area contributed by atoms with Crippen LogP contribution in [0.3, 0.4) is 0 Å². The molecule has 242 valence electrons. The fraction of sp³-hybridized carbons (Fsp3) is 0.391. The van der Waals surface area contributed by atoms with Crippen molar-refractivity contribution in [1.82, 2.24) is 0 Å². The summed E-state index contributed by atoms with van der Waals surface area (Å²) in [6.07, 6.45) is 9.26. The lowest BCUT2D eigenvalue weighted by Gasteiger charge is -2.63. The van der Waals surface area contributed by atoms with Gasteiger partial charge in [-0.05, 0) is 144 Å². The van der Waals surface area contributed by atoms with Gasteiger partial charge in [-0.1, -0.05) is 88.4 Å². The molecule has 4 bridgehead atoms. The van der Waals surface area contributed by atoms with Crippen molar-refractivity contribution >= 4 is 27.8 Å². The van der Waals surface area contributed by atoms with Gasteiger partial charge in [0.25, 0.3) is 0 Å². The standard InChI is InChI=1S/C46H47NO/c1-44(2)20-21-45(3,4)43-38(44)13-9-14-40(43)47(35-17-16-31-10-5-6-11-32(31)27-35)36-18-19-42-39(28-36)46(37-12-7-8-15-41(37)48-42)33-23-29-22-30(25-33)26-34(46)24-29/h5-19,27-30,33-34H,20-26H2,1-4H3. The highest BCUT2D eigenvalue weighted by Gasteiger charge is 2.61. The van der Waals surface area contributed by atoms with Crippen LogP contribution in [0.1, 0.15) is 94.9 Å². The van der Waals surface area contributed by atoms with E-state index in [1.807, 2.05) is 0 Å². The van der Waals surface area contributed by atoms with Gasteiger partial charge in [0.1, 0.15) is 11.5 Å². The summed E-state index contributed by atoms with van der Waals surface area (Å²) < 4.78 is 6.84. The van der Waals surface area contributed by atoms with Crippen LogP contribution in [0.25, 0.3) is 10.8 Å². The maximum Gasteiger partial charge on any atom is 0.131 e. The smallest absolute Gasteiger partial charge is 0.131 e. The lowest BCUT2D eigenvalue weighted by Crippen LogP contribution is -2.57. The second-order valence-corrected chi connectivity index (χ2v) is 17.3. The number of hydrogen-bond acceptors (Lipinski definition) is 2. The molecular formula is C46H47NO. The maximum absolute atomic E-state index is 6.84. The molecule has 0 atom stereocenters. The third kappa shape index (κ3) is 3.98. The number of rotatable bonds is 3. The molecule has 2 heteroatoms. The van der Waals surface area contributed by atoms with E-state index < -0.39 is 0 Å². The van der Waals surface area contributed by atoms with E-state index in [4.69, 9.17) is 4.74 Å². The topological polar surface area (TPSA) is 12.5 Å². The molecule has 1 aliphatic heterocycles. The normalized spacial score (nSPS) is 28.4. The predicted octanol–water partition coefficient (Wildman–Crippen LogP) is 12.5. The average Bonchev–Trinajstić information content (AvgIpc) is 3.08. The van der Waals surface area contributed by atoms with Crippen LogP contribution in [-0.4, -0.2) is 0 Å². The SMILES string of the molecule is CC1(C)CCC(C)(C)c2c(N(c3ccc4c(c3)C3(c5ccccc5O4)C4CC5CC(C4)CC3C5)c3ccc4ccccc4c3)cccc21. The van der Waals surface area contributed by atoms with Crippen LogP contribution < -0.4 is 9.64 Å². The first-order valence-electron chi connectivity index (χ1n) is 18.6. The zero-order chi connectivity index (χ0) is 32.4. The first-order valence-corrected chi connectivity index (χ1v) is 18.6. The van der Waals surface area contributed by atoms with Gasteiger partial charge in [0.15, 0.2) is 0 Å². The van der Waals surface area contributed by atoms with Crippen LogP contribution in [-0.2, 0) is 16.2 Å². The summed E-state index contributed by atoms with van der Waals surface area (Å²) in [5.74, 6) is 5.29. The molecule has 1 heterocycles. The van der Waals surface area contributed by atoms with E-state index in [2.05, 4.69) is 136 Å². The molecule has 0 unspecified atom stereocenters. The van der Waals surface area contributed by atoms with E-state index in [1.54, 1.807) is 0 Å². The molecule has 0 saturated heterocycles. The Balaban J connectivity index is 1.23. The molecule has 5 aliphatic carbocycles. The molecule has 11 rings (SSSR count). The number of para-hydroxylation sites is 1. The number of hydrogen-bond donors (Lipinski definition) is 0. The molecule has 2 nitrogen and oxygen atoms in total. The van der Waals surface area contributed by atoms with Crippen molar-refractivity contribution in [3.8, 4) is 11.5 Å². The monoisotopic (exact) mass is 629 g/mol. The summed E-state index contributed by atoms with van der Waals surface area (Å²) in [7, 11) is 0. The number of benzene rings is 5. The van der Waals surface area contributed by atoms with Crippen molar-refractivity contribution in [2.45, 2.75) is 88.9 Å². The van der Waals surface area contributed by atoms with E-state index in [0.717, 1.165) is 23.3 Å². The minimum Gasteiger partial charge on any atom is -0.457 e. The van der Waals surface area contributed by atoms with E-state index in [-0.39, 0.29) is 16.2 Å². The summed E-state index contributed by atoms with van der Waals surface area (Å²) in [6, 6.07) is 39.2. The Labute approximate surface area is 286 Å². The molecule has 1 spiro atoms. The lowest BCUT2D eigenvalue weighted by atomic mass is 9.42. The Kier molecular flexibility index (Phi) is 6.03. The molecule has 0 N–H and O–H groups in total. The van der Waals surface area contributed by atoms with Crippen LogP contribution in [0.4, 0.5) is 17.1 Å². The van der Waals surface area contributed by atoms with Gasteiger partial charge in [0.2, 0.25) is 0 Å². The van der Waals surface area contributed by atoms with Crippen LogP contribution in [0, 0.1) is 23.7 Å². The van der Waals surface area contributed by atoms with Crippen molar-refractivity contribution in [3.05, 3.63) is 125 Å². The molecule has 4 fully saturated rings. The minimum atomic E-state index is 0.0139. The highest BCUT2D eigenvalue weighted by molar-refractivity contribution is 5.90. The fourth-order valence-corrected chi connectivity index (χ4v) is 11.7. The fourth-order valence-electron chi connectivity index (χ4n) is 11.7. The largest absolute Gasteiger partial charge is 0.457 e. The van der Waals surface area contributed by atoms with Gasteiger partial charge in [-0.3, -0.25) is 0 Å². The van der Waals surface area contributed by atoms with Crippen LogP contribution in [0.5, 0.6) is 11.5 Å². The van der Waals surface area contributed by atoms with Gasteiger partial charge >= 0.3 is 0 Å². The quantitative estimate of drug-likeness (QED) is 0.197. The first kappa shape index (κ1) is 28.9. The lowest BCUT2D eigenvalue weighted by molar-refractivity contribution is -0.0452. The predicted molar refractivity (Wildman–Crippen MR) is 198 cm³/mol. The van der Waals surface area contributed by atoms with E-state index in [1.165, 1.54) is 95.0 Å². The highest BCUT2D eigenvalue weighted by Crippen LogP contribution is 2.69. The van der Waals surface area contributed by atoms with Crippen LogP contribution >= 0.6 is 0 Å². The molecule has 0 amide bonds. The second kappa shape index (κ2) is 10.0. The Hall–Kier alpha value is -4.04. The van der Waals surface area contributed by atoms with Crippen LogP contribution in [0.15, 0.2) is 103 Å². The minimum absolute atomic E-state index is 0.0139. The number of fused-ring (bicyclic) bond motifs is 4. The van der Waals surface area contributed by atoms with E-state index in [9.17, 15) is 0 Å². The number of ether oxygens (including phenoxy) is 1. The van der Waals surface area contributed by atoms with Crippen molar-refractivity contribution in [3.63, 3.8) is 0 Å². The van der Waals surface area contributed by atoms with Gasteiger partial charge < -0.3 is 9.64 Å². The Morgan fingerprint density at radius 3 is 1.96 bits per heavy atom. The van der Waals surface area contributed by atoms with Crippen molar-refractivity contribution in [1.29, 1.82) is 0 Å². The van der Waals surface area contributed by atoms with Crippen LogP contribution in [0.2, 0.25) is 0 Å². The zero-order valence-electron chi connectivity index (χ0n) is 28.9. The van der Waals surface area contributed by atoms with Gasteiger partial charge in [0, 0.05) is 27.9 Å². The number of nitrogens with zero attached hydrogens (tertiary/aromatic N) is 1. The van der Waals surface area contributed by atoms with E-state index >= 15 is 0 Å². The van der Waals surface area contributed by atoms with Crippen molar-refractivity contribution in [2.24, 2.45) is 23.7 Å². The summed E-state index contributed by atoms with van der Waals surface area (Å²) in [5.41, 5.74) is 9.86. The summed E-state index contributed by atoms with van der Waals surface area (Å²) >= 11 is 0. The van der Waals surface area contributed by atoms with E-state index in [0.29, 0.717) is 11.8 Å². The molecule has 0 aromatic heterocycles. The summed E-state index contributed by atoms with van der Waals surface area (Å²) in [5, 5.41) is 2.55. The third-order valence-corrected chi connectivity index (χ3v) is 13.7. The first-order chi connectivity index (χ1) is 23.2. The van der Waals surface area contributed by atoms with Gasteiger partial charge in [-0.25, -0.2) is 0 Å². The molecule has 0 radical (unpaired) electrons.